The van der Waals surface area contributed by atoms with Crippen molar-refractivity contribution in [2.45, 2.75) is 0 Å². The third-order valence-corrected chi connectivity index (χ3v) is 3.62. The van der Waals surface area contributed by atoms with Crippen LogP contribution in [0.5, 0.6) is 0 Å². The Bertz CT molecular complexity index is 1100. The number of hydrogen-bond donors (Lipinski definition) is 1. The van der Waals surface area contributed by atoms with Crippen LogP contribution in [0.4, 0.5) is 5.69 Å². The summed E-state index contributed by atoms with van der Waals surface area (Å²) in [5, 5.41) is 14.3. The molecule has 0 fully saturated rings. The summed E-state index contributed by atoms with van der Waals surface area (Å²) in [5.74, 6) is -0.533. The number of benzene rings is 2. The van der Waals surface area contributed by atoms with Gasteiger partial charge in [0.15, 0.2) is 0 Å². The van der Waals surface area contributed by atoms with Crippen molar-refractivity contribution in [3.8, 4) is 5.69 Å². The summed E-state index contributed by atoms with van der Waals surface area (Å²) in [4.78, 5) is 24.4. The number of nitrogens with zero attached hydrogens (tertiary/aromatic N) is 4. The standard InChI is InChI=1S/C17H11N5O3/c23-16(14-9-11-3-1-2-4-15(11)25-17(14)24)19-12-5-7-13(8-6-12)22-10-18-20-21-22/h1-10H,(H,19,23). The van der Waals surface area contributed by atoms with Gasteiger partial charge in [0.2, 0.25) is 0 Å². The molecule has 2 aromatic heterocycles. The van der Waals surface area contributed by atoms with Gasteiger partial charge in [-0.15, -0.1) is 5.10 Å². The first-order valence-electron chi connectivity index (χ1n) is 7.38. The molecule has 0 unspecified atom stereocenters. The van der Waals surface area contributed by atoms with Crippen LogP contribution in [-0.2, 0) is 0 Å². The van der Waals surface area contributed by atoms with Gasteiger partial charge in [-0.1, -0.05) is 18.2 Å². The molecule has 2 aromatic carbocycles. The number of aromatic nitrogens is 4. The smallest absolute Gasteiger partial charge is 0.349 e. The number of tetrazole rings is 1. The molecule has 0 aliphatic carbocycles. The van der Waals surface area contributed by atoms with E-state index in [0.717, 1.165) is 5.69 Å². The van der Waals surface area contributed by atoms with Gasteiger partial charge in [0.25, 0.3) is 5.91 Å². The topological polar surface area (TPSA) is 103 Å². The summed E-state index contributed by atoms with van der Waals surface area (Å²) < 4.78 is 6.67. The lowest BCUT2D eigenvalue weighted by Gasteiger charge is -2.06. The molecular weight excluding hydrogens is 322 g/mol. The maximum atomic E-state index is 12.4. The SMILES string of the molecule is O=C(Nc1ccc(-n2cnnn2)cc1)c1cc2ccccc2oc1=O. The molecule has 2 heterocycles. The van der Waals surface area contributed by atoms with E-state index in [-0.39, 0.29) is 5.56 Å². The molecule has 0 spiro atoms. The van der Waals surface area contributed by atoms with Gasteiger partial charge in [-0.05, 0) is 46.8 Å². The molecule has 122 valence electrons. The van der Waals surface area contributed by atoms with Crippen LogP contribution in [-0.4, -0.2) is 26.1 Å². The zero-order chi connectivity index (χ0) is 17.2. The Kier molecular flexibility index (Phi) is 3.55. The summed E-state index contributed by atoms with van der Waals surface area (Å²) in [6, 6.07) is 15.4. The molecule has 25 heavy (non-hydrogen) atoms. The lowest BCUT2D eigenvalue weighted by molar-refractivity contribution is 0.102. The van der Waals surface area contributed by atoms with E-state index in [1.54, 1.807) is 42.5 Å². The zero-order valence-corrected chi connectivity index (χ0v) is 12.8. The number of fused-ring (bicyclic) bond motifs is 1. The third kappa shape index (κ3) is 2.88. The predicted molar refractivity (Wildman–Crippen MR) is 89.6 cm³/mol. The number of rotatable bonds is 3. The monoisotopic (exact) mass is 333 g/mol. The normalized spacial score (nSPS) is 10.7. The molecule has 4 aromatic rings. The second-order valence-corrected chi connectivity index (χ2v) is 5.24. The summed E-state index contributed by atoms with van der Waals surface area (Å²) in [6.07, 6.45) is 1.47. The lowest BCUT2D eigenvalue weighted by atomic mass is 10.1. The van der Waals surface area contributed by atoms with Gasteiger partial charge >= 0.3 is 5.63 Å². The maximum absolute atomic E-state index is 12.4. The summed E-state index contributed by atoms with van der Waals surface area (Å²) >= 11 is 0. The Balaban J connectivity index is 1.60. The Morgan fingerprint density at radius 1 is 1.08 bits per heavy atom. The van der Waals surface area contributed by atoms with Gasteiger partial charge in [0, 0.05) is 11.1 Å². The van der Waals surface area contributed by atoms with Gasteiger partial charge in [-0.3, -0.25) is 4.79 Å². The summed E-state index contributed by atoms with van der Waals surface area (Å²) in [7, 11) is 0. The summed E-state index contributed by atoms with van der Waals surface area (Å²) in [6.45, 7) is 0. The van der Waals surface area contributed by atoms with Gasteiger partial charge in [-0.25, -0.2) is 9.48 Å². The fraction of sp³-hybridized carbons (Fsp3) is 0. The molecule has 1 N–H and O–H groups in total. The molecule has 8 heteroatoms. The quantitative estimate of drug-likeness (QED) is 0.575. The number of amides is 1. The first-order valence-corrected chi connectivity index (χ1v) is 7.38. The van der Waals surface area contributed by atoms with E-state index in [9.17, 15) is 9.59 Å². The molecule has 0 bridgehead atoms. The van der Waals surface area contributed by atoms with E-state index < -0.39 is 11.5 Å². The lowest BCUT2D eigenvalue weighted by Crippen LogP contribution is -2.20. The highest BCUT2D eigenvalue weighted by molar-refractivity contribution is 6.05. The maximum Gasteiger partial charge on any atom is 0.349 e. The van der Waals surface area contributed by atoms with E-state index in [0.29, 0.717) is 16.7 Å². The van der Waals surface area contributed by atoms with Gasteiger partial charge in [0.1, 0.15) is 17.5 Å². The largest absolute Gasteiger partial charge is 0.422 e. The molecule has 4 rings (SSSR count). The van der Waals surface area contributed by atoms with Crippen LogP contribution in [0.25, 0.3) is 16.7 Å². The molecule has 0 atom stereocenters. The van der Waals surface area contributed by atoms with Crippen molar-refractivity contribution in [2.24, 2.45) is 0 Å². The highest BCUT2D eigenvalue weighted by Gasteiger charge is 2.14. The van der Waals surface area contributed by atoms with Crippen molar-refractivity contribution < 1.29 is 9.21 Å². The Hall–Kier alpha value is -3.81. The molecule has 0 saturated carbocycles. The fourth-order valence-electron chi connectivity index (χ4n) is 2.40. The van der Waals surface area contributed by atoms with Gasteiger partial charge in [-0.2, -0.15) is 0 Å². The van der Waals surface area contributed by atoms with E-state index in [1.807, 2.05) is 6.07 Å². The van der Waals surface area contributed by atoms with Crippen LogP contribution in [0.3, 0.4) is 0 Å². The number of hydrogen-bond acceptors (Lipinski definition) is 6. The minimum Gasteiger partial charge on any atom is -0.422 e. The van der Waals surface area contributed by atoms with Gasteiger partial charge in [0.05, 0.1) is 5.69 Å². The number of nitrogens with one attached hydrogen (secondary N) is 1. The Morgan fingerprint density at radius 2 is 1.88 bits per heavy atom. The molecule has 0 radical (unpaired) electrons. The van der Waals surface area contributed by atoms with Crippen molar-refractivity contribution in [1.82, 2.24) is 20.2 Å². The second-order valence-electron chi connectivity index (χ2n) is 5.24. The highest BCUT2D eigenvalue weighted by Crippen LogP contribution is 2.15. The van der Waals surface area contributed by atoms with Crippen LogP contribution in [0.1, 0.15) is 10.4 Å². The Morgan fingerprint density at radius 3 is 2.64 bits per heavy atom. The molecular formula is C17H11N5O3. The molecule has 0 aliphatic heterocycles. The average molecular weight is 333 g/mol. The van der Waals surface area contributed by atoms with E-state index in [2.05, 4.69) is 20.8 Å². The number of anilines is 1. The second kappa shape index (κ2) is 6.00. The molecule has 8 nitrogen and oxygen atoms in total. The number of carbonyl (C=O) groups is 1. The number of para-hydroxylation sites is 1. The van der Waals surface area contributed by atoms with Crippen LogP contribution in [0.2, 0.25) is 0 Å². The van der Waals surface area contributed by atoms with Crippen LogP contribution in [0.15, 0.2) is 70.1 Å². The first-order chi connectivity index (χ1) is 12.2. The zero-order valence-electron chi connectivity index (χ0n) is 12.8. The van der Waals surface area contributed by atoms with Crippen molar-refractivity contribution >= 4 is 22.6 Å². The van der Waals surface area contributed by atoms with Crippen molar-refractivity contribution in [3.63, 3.8) is 0 Å². The molecule has 1 amide bonds. The predicted octanol–water partition coefficient (Wildman–Crippen LogP) is 2.02. The third-order valence-electron chi connectivity index (χ3n) is 3.62. The van der Waals surface area contributed by atoms with Crippen molar-refractivity contribution in [1.29, 1.82) is 0 Å². The highest BCUT2D eigenvalue weighted by atomic mass is 16.4. The van der Waals surface area contributed by atoms with E-state index in [4.69, 9.17) is 4.42 Å². The minimum absolute atomic E-state index is 0.0525. The van der Waals surface area contributed by atoms with Crippen molar-refractivity contribution in [3.05, 3.63) is 76.9 Å². The fourth-order valence-corrected chi connectivity index (χ4v) is 2.40. The van der Waals surface area contributed by atoms with E-state index >= 15 is 0 Å². The minimum atomic E-state index is -0.679. The summed E-state index contributed by atoms with van der Waals surface area (Å²) in [5.41, 5.74) is 0.988. The molecule has 0 saturated heterocycles. The Labute approximate surface area is 140 Å². The average Bonchev–Trinajstić information content (AvgIpc) is 3.16. The first kappa shape index (κ1) is 14.8. The van der Waals surface area contributed by atoms with E-state index in [1.165, 1.54) is 17.1 Å². The number of carbonyl (C=O) groups excluding carboxylic acids is 1. The molecule has 0 aliphatic rings. The van der Waals surface area contributed by atoms with Gasteiger partial charge < -0.3 is 9.73 Å². The van der Waals surface area contributed by atoms with Crippen LogP contribution < -0.4 is 10.9 Å². The van der Waals surface area contributed by atoms with Crippen molar-refractivity contribution in [2.75, 3.05) is 5.32 Å². The van der Waals surface area contributed by atoms with Crippen LogP contribution >= 0.6 is 0 Å². The van der Waals surface area contributed by atoms with Crippen LogP contribution in [0, 0.1) is 0 Å².